The first-order valence-electron chi connectivity index (χ1n) is 10.2. The van der Waals surface area contributed by atoms with Gasteiger partial charge in [-0.1, -0.05) is 24.3 Å². The van der Waals surface area contributed by atoms with E-state index < -0.39 is 5.97 Å². The van der Waals surface area contributed by atoms with Crippen LogP contribution in [-0.4, -0.2) is 41.2 Å². The first kappa shape index (κ1) is 20.2. The second kappa shape index (κ2) is 8.09. The smallest absolute Gasteiger partial charge is 0.337 e. The summed E-state index contributed by atoms with van der Waals surface area (Å²) in [7, 11) is 1.36. The van der Waals surface area contributed by atoms with Crippen molar-refractivity contribution in [1.29, 1.82) is 0 Å². The molecular formula is C25H20N2O4S. The van der Waals surface area contributed by atoms with Crippen LogP contribution in [0.25, 0.3) is 10.9 Å². The van der Waals surface area contributed by atoms with Gasteiger partial charge in [0.15, 0.2) is 0 Å². The minimum absolute atomic E-state index is 0.142. The van der Waals surface area contributed by atoms with Gasteiger partial charge in [-0.25, -0.2) is 4.79 Å². The summed E-state index contributed by atoms with van der Waals surface area (Å²) in [5.41, 5.74) is 4.27. The van der Waals surface area contributed by atoms with Crippen molar-refractivity contribution in [2.45, 2.75) is 13.0 Å². The Hall–Kier alpha value is -3.71. The summed E-state index contributed by atoms with van der Waals surface area (Å²) in [4.78, 5) is 44.2. The Bertz CT molecular complexity index is 1350. The summed E-state index contributed by atoms with van der Waals surface area (Å²) in [6.45, 7) is 0.949. The lowest BCUT2D eigenvalue weighted by molar-refractivity contribution is 0.0600. The predicted molar refractivity (Wildman–Crippen MR) is 122 cm³/mol. The number of rotatable bonds is 4. The van der Waals surface area contributed by atoms with Crippen LogP contribution in [0.1, 0.15) is 47.2 Å². The number of ether oxygens (including phenoxy) is 1. The van der Waals surface area contributed by atoms with E-state index in [1.54, 1.807) is 47.4 Å². The number of thiophene rings is 1. The number of H-pyrrole nitrogens is 1. The molecule has 3 heterocycles. The van der Waals surface area contributed by atoms with Gasteiger partial charge in [0.25, 0.3) is 5.91 Å². The number of fused-ring (bicyclic) bond motifs is 3. The van der Waals surface area contributed by atoms with E-state index in [2.05, 4.69) is 4.98 Å². The molecule has 1 amide bonds. The van der Waals surface area contributed by atoms with Crippen molar-refractivity contribution in [1.82, 2.24) is 9.88 Å². The number of aromatic amines is 1. The summed E-state index contributed by atoms with van der Waals surface area (Å²) in [5, 5.41) is 2.76. The largest absolute Gasteiger partial charge is 0.465 e. The van der Waals surface area contributed by atoms with Crippen LogP contribution in [0.2, 0.25) is 0 Å². The van der Waals surface area contributed by atoms with E-state index in [1.807, 2.05) is 17.5 Å². The summed E-state index contributed by atoms with van der Waals surface area (Å²) in [6, 6.07) is 16.0. The van der Waals surface area contributed by atoms with Gasteiger partial charge in [-0.2, -0.15) is 0 Å². The van der Waals surface area contributed by atoms with Crippen molar-refractivity contribution in [3.63, 3.8) is 0 Å². The van der Waals surface area contributed by atoms with E-state index in [0.717, 1.165) is 22.2 Å². The Morgan fingerprint density at radius 3 is 2.59 bits per heavy atom. The fourth-order valence-electron chi connectivity index (χ4n) is 4.21. The lowest BCUT2D eigenvalue weighted by Gasteiger charge is -2.28. The van der Waals surface area contributed by atoms with E-state index in [1.165, 1.54) is 18.4 Å². The summed E-state index contributed by atoms with van der Waals surface area (Å²) >= 11 is 1.36. The first-order chi connectivity index (χ1) is 15.6. The minimum atomic E-state index is -0.397. The van der Waals surface area contributed by atoms with E-state index in [-0.39, 0.29) is 11.7 Å². The van der Waals surface area contributed by atoms with Crippen molar-refractivity contribution in [3.8, 4) is 0 Å². The topological polar surface area (TPSA) is 79.5 Å². The maximum atomic E-state index is 13.5. The molecule has 4 aromatic rings. The van der Waals surface area contributed by atoms with Crippen LogP contribution < -0.4 is 0 Å². The Morgan fingerprint density at radius 1 is 1.03 bits per heavy atom. The molecule has 0 radical (unpaired) electrons. The highest BCUT2D eigenvalue weighted by atomic mass is 32.1. The number of amides is 1. The molecule has 0 unspecified atom stereocenters. The van der Waals surface area contributed by atoms with Crippen LogP contribution in [0, 0.1) is 0 Å². The van der Waals surface area contributed by atoms with E-state index in [0.29, 0.717) is 41.1 Å². The molecule has 160 valence electrons. The number of hydrogen-bond acceptors (Lipinski definition) is 5. The number of ketones is 1. The van der Waals surface area contributed by atoms with Crippen molar-refractivity contribution < 1.29 is 19.1 Å². The molecule has 2 aromatic carbocycles. The average Bonchev–Trinajstić information content (AvgIpc) is 3.50. The van der Waals surface area contributed by atoms with Gasteiger partial charge in [0.1, 0.15) is 0 Å². The van der Waals surface area contributed by atoms with Crippen molar-refractivity contribution >= 4 is 39.9 Å². The molecule has 0 bridgehead atoms. The third-order valence-electron chi connectivity index (χ3n) is 5.83. The Labute approximate surface area is 188 Å². The Morgan fingerprint density at radius 2 is 1.84 bits per heavy atom. The molecule has 2 aromatic heterocycles. The fraction of sp³-hybridized carbons (Fsp3) is 0.160. The summed E-state index contributed by atoms with van der Waals surface area (Å²) < 4.78 is 4.84. The number of aromatic nitrogens is 1. The van der Waals surface area contributed by atoms with Crippen LogP contribution in [0.15, 0.2) is 60.0 Å². The van der Waals surface area contributed by atoms with Crippen LogP contribution >= 0.6 is 11.3 Å². The highest BCUT2D eigenvalue weighted by Gasteiger charge is 2.28. The average molecular weight is 445 g/mol. The maximum Gasteiger partial charge on any atom is 0.337 e. The van der Waals surface area contributed by atoms with Gasteiger partial charge in [0, 0.05) is 47.2 Å². The van der Waals surface area contributed by atoms with Gasteiger partial charge in [-0.05, 0) is 35.7 Å². The monoisotopic (exact) mass is 444 g/mol. The third kappa shape index (κ3) is 3.40. The van der Waals surface area contributed by atoms with Gasteiger partial charge in [-0.15, -0.1) is 11.3 Å². The number of methoxy groups -OCH3 is 1. The van der Waals surface area contributed by atoms with Crippen LogP contribution in [0.4, 0.5) is 0 Å². The number of carbonyl (C=O) groups is 3. The van der Waals surface area contributed by atoms with Crippen LogP contribution in [0.5, 0.6) is 0 Å². The Balaban J connectivity index is 1.48. The van der Waals surface area contributed by atoms with Crippen LogP contribution in [0.3, 0.4) is 0 Å². The molecule has 0 aliphatic carbocycles. The lowest BCUT2D eigenvalue weighted by Crippen LogP contribution is -2.36. The molecule has 0 spiro atoms. The van der Waals surface area contributed by atoms with Crippen LogP contribution in [-0.2, 0) is 17.7 Å². The maximum absolute atomic E-state index is 13.5. The second-order valence-corrected chi connectivity index (χ2v) is 8.61. The molecule has 6 nitrogen and oxygen atoms in total. The molecule has 1 aliphatic rings. The normalized spacial score (nSPS) is 13.1. The molecule has 1 aliphatic heterocycles. The SMILES string of the molecule is COC(=O)c1ccc2[nH]c3c(c2c1)CN(C(=O)c1ccccc1C(=O)c1cccs1)CC3. The zero-order valence-electron chi connectivity index (χ0n) is 17.4. The zero-order chi connectivity index (χ0) is 22.2. The van der Waals surface area contributed by atoms with Crippen molar-refractivity contribution in [3.05, 3.63) is 92.8 Å². The number of esters is 1. The zero-order valence-corrected chi connectivity index (χ0v) is 18.2. The second-order valence-electron chi connectivity index (χ2n) is 7.66. The molecule has 7 heteroatoms. The predicted octanol–water partition coefficient (Wildman–Crippen LogP) is 4.45. The summed E-state index contributed by atoms with van der Waals surface area (Å²) in [5.74, 6) is -0.710. The molecule has 0 saturated carbocycles. The molecule has 5 rings (SSSR count). The lowest BCUT2D eigenvalue weighted by atomic mass is 9.99. The summed E-state index contributed by atoms with van der Waals surface area (Å²) in [6.07, 6.45) is 0.671. The van der Waals surface area contributed by atoms with E-state index in [9.17, 15) is 14.4 Å². The standard InChI is InChI=1S/C25H20N2O4S/c1-31-25(30)15-8-9-20-18(13-15)19-14-27(11-10-21(19)26-20)24(29)17-6-3-2-5-16(17)23(28)22-7-4-12-32-22/h2-9,12-13,26H,10-11,14H2,1H3. The molecule has 0 saturated heterocycles. The molecular weight excluding hydrogens is 424 g/mol. The van der Waals surface area contributed by atoms with E-state index >= 15 is 0 Å². The van der Waals surface area contributed by atoms with Crippen molar-refractivity contribution in [2.24, 2.45) is 0 Å². The van der Waals surface area contributed by atoms with Gasteiger partial charge < -0.3 is 14.6 Å². The Kier molecular flexibility index (Phi) is 5.11. The number of benzene rings is 2. The van der Waals surface area contributed by atoms with Gasteiger partial charge >= 0.3 is 5.97 Å². The van der Waals surface area contributed by atoms with Gasteiger partial charge in [0.05, 0.1) is 23.1 Å². The molecule has 0 atom stereocenters. The number of nitrogens with one attached hydrogen (secondary N) is 1. The highest BCUT2D eigenvalue weighted by molar-refractivity contribution is 7.12. The minimum Gasteiger partial charge on any atom is -0.465 e. The van der Waals surface area contributed by atoms with Gasteiger partial charge in [0.2, 0.25) is 5.78 Å². The van der Waals surface area contributed by atoms with Gasteiger partial charge in [-0.3, -0.25) is 9.59 Å². The highest BCUT2D eigenvalue weighted by Crippen LogP contribution is 2.30. The van der Waals surface area contributed by atoms with E-state index in [4.69, 9.17) is 4.74 Å². The van der Waals surface area contributed by atoms with Crippen molar-refractivity contribution in [2.75, 3.05) is 13.7 Å². The third-order valence-corrected chi connectivity index (χ3v) is 6.70. The first-order valence-corrected chi connectivity index (χ1v) is 11.1. The quantitative estimate of drug-likeness (QED) is 0.373. The number of hydrogen-bond donors (Lipinski definition) is 1. The molecule has 1 N–H and O–H groups in total. The molecule has 0 fully saturated rings. The fourth-order valence-corrected chi connectivity index (χ4v) is 4.89. The number of nitrogens with zero attached hydrogens (tertiary/aromatic N) is 1. The number of carbonyl (C=O) groups excluding carboxylic acids is 3. The molecule has 32 heavy (non-hydrogen) atoms.